The summed E-state index contributed by atoms with van der Waals surface area (Å²) >= 11 is 9.30. The number of hydrogen-bond acceptors (Lipinski definition) is 2. The Kier molecular flexibility index (Phi) is 3.99. The van der Waals surface area contributed by atoms with Crippen LogP contribution in [0, 0.1) is 6.92 Å². The van der Waals surface area contributed by atoms with Gasteiger partial charge in [-0.2, -0.15) is 0 Å². The number of rotatable bonds is 2. The van der Waals surface area contributed by atoms with Crippen LogP contribution < -0.4 is 5.32 Å². The lowest BCUT2D eigenvalue weighted by atomic mass is 10.1. The number of benzene rings is 1. The summed E-state index contributed by atoms with van der Waals surface area (Å²) in [5.74, 6) is 0.258. The summed E-state index contributed by atoms with van der Waals surface area (Å²) in [7, 11) is 0. The minimum atomic E-state index is -0.234. The normalized spacial score (nSPS) is 10.2. The predicted octanol–water partition coefficient (Wildman–Crippen LogP) is 4.06. The highest BCUT2D eigenvalue weighted by Crippen LogP contribution is 2.18. The molecule has 18 heavy (non-hydrogen) atoms. The standard InChI is InChI=1S/C13H10BrClN2O/c1-8-2-3-9(6-11(8)15)13(18)17-12-7-10(14)4-5-16-12/h2-7H,1H3,(H,16,17,18). The van der Waals surface area contributed by atoms with E-state index in [-0.39, 0.29) is 5.91 Å². The topological polar surface area (TPSA) is 42.0 Å². The Bertz CT molecular complexity index is 601. The van der Waals surface area contributed by atoms with Crippen LogP contribution >= 0.6 is 27.5 Å². The van der Waals surface area contributed by atoms with Crippen molar-refractivity contribution in [2.24, 2.45) is 0 Å². The molecule has 5 heteroatoms. The lowest BCUT2D eigenvalue weighted by Crippen LogP contribution is -2.12. The Morgan fingerprint density at radius 2 is 2.11 bits per heavy atom. The van der Waals surface area contributed by atoms with Crippen molar-refractivity contribution in [1.82, 2.24) is 4.98 Å². The number of aromatic nitrogens is 1. The lowest BCUT2D eigenvalue weighted by molar-refractivity contribution is 0.102. The molecule has 0 aliphatic rings. The number of nitrogens with one attached hydrogen (secondary N) is 1. The molecule has 0 bridgehead atoms. The van der Waals surface area contributed by atoms with Crippen molar-refractivity contribution in [2.45, 2.75) is 6.92 Å². The molecule has 0 saturated heterocycles. The van der Waals surface area contributed by atoms with E-state index in [2.05, 4.69) is 26.2 Å². The van der Waals surface area contributed by atoms with Gasteiger partial charge < -0.3 is 5.32 Å². The van der Waals surface area contributed by atoms with Gasteiger partial charge in [0.2, 0.25) is 0 Å². The van der Waals surface area contributed by atoms with Gasteiger partial charge in [-0.15, -0.1) is 0 Å². The largest absolute Gasteiger partial charge is 0.307 e. The number of carbonyl (C=O) groups excluding carboxylic acids is 1. The first kappa shape index (κ1) is 13.1. The van der Waals surface area contributed by atoms with E-state index in [9.17, 15) is 4.79 Å². The molecule has 2 aromatic rings. The van der Waals surface area contributed by atoms with E-state index < -0.39 is 0 Å². The van der Waals surface area contributed by atoms with Crippen LogP contribution in [-0.4, -0.2) is 10.9 Å². The van der Waals surface area contributed by atoms with Crippen LogP contribution in [0.2, 0.25) is 5.02 Å². The molecular weight excluding hydrogens is 316 g/mol. The zero-order valence-corrected chi connectivity index (χ0v) is 11.9. The van der Waals surface area contributed by atoms with E-state index in [1.165, 1.54) is 0 Å². The lowest BCUT2D eigenvalue weighted by Gasteiger charge is -2.06. The minimum Gasteiger partial charge on any atom is -0.307 e. The molecule has 1 amide bonds. The number of aryl methyl sites for hydroxylation is 1. The van der Waals surface area contributed by atoms with Crippen LogP contribution in [0.25, 0.3) is 0 Å². The van der Waals surface area contributed by atoms with Crippen molar-refractivity contribution < 1.29 is 4.79 Å². The van der Waals surface area contributed by atoms with E-state index in [0.717, 1.165) is 10.0 Å². The summed E-state index contributed by atoms with van der Waals surface area (Å²) in [6, 6.07) is 8.70. The van der Waals surface area contributed by atoms with Crippen molar-refractivity contribution in [1.29, 1.82) is 0 Å². The van der Waals surface area contributed by atoms with Crippen molar-refractivity contribution in [3.8, 4) is 0 Å². The molecule has 1 aromatic carbocycles. The highest BCUT2D eigenvalue weighted by atomic mass is 79.9. The van der Waals surface area contributed by atoms with E-state index in [1.54, 1.807) is 30.5 Å². The van der Waals surface area contributed by atoms with Crippen LogP contribution in [0.3, 0.4) is 0 Å². The highest BCUT2D eigenvalue weighted by molar-refractivity contribution is 9.10. The fraction of sp³-hybridized carbons (Fsp3) is 0.0769. The quantitative estimate of drug-likeness (QED) is 0.905. The molecule has 0 aliphatic heterocycles. The molecule has 0 radical (unpaired) electrons. The molecule has 0 aliphatic carbocycles. The molecule has 0 unspecified atom stereocenters. The van der Waals surface area contributed by atoms with Crippen molar-refractivity contribution >= 4 is 39.3 Å². The average molecular weight is 326 g/mol. The number of halogens is 2. The maximum Gasteiger partial charge on any atom is 0.256 e. The maximum atomic E-state index is 12.0. The van der Waals surface area contributed by atoms with Crippen LogP contribution in [0.5, 0.6) is 0 Å². The molecule has 0 saturated carbocycles. The molecule has 0 fully saturated rings. The molecular formula is C13H10BrClN2O. The fourth-order valence-corrected chi connectivity index (χ4v) is 1.91. The molecule has 2 rings (SSSR count). The molecule has 1 N–H and O–H groups in total. The van der Waals surface area contributed by atoms with Crippen LogP contribution in [-0.2, 0) is 0 Å². The third kappa shape index (κ3) is 3.09. The average Bonchev–Trinajstić information content (AvgIpc) is 2.32. The molecule has 0 spiro atoms. The second kappa shape index (κ2) is 5.50. The van der Waals surface area contributed by atoms with E-state index >= 15 is 0 Å². The molecule has 1 aromatic heterocycles. The molecule has 92 valence electrons. The number of pyridine rings is 1. The Morgan fingerprint density at radius 1 is 1.33 bits per heavy atom. The van der Waals surface area contributed by atoms with Gasteiger partial charge in [-0.1, -0.05) is 33.6 Å². The summed E-state index contributed by atoms with van der Waals surface area (Å²) in [6.45, 7) is 1.89. The van der Waals surface area contributed by atoms with Gasteiger partial charge in [-0.05, 0) is 36.8 Å². The SMILES string of the molecule is Cc1ccc(C(=O)Nc2cc(Br)ccn2)cc1Cl. The van der Waals surface area contributed by atoms with Gasteiger partial charge in [-0.3, -0.25) is 4.79 Å². The second-order valence-electron chi connectivity index (χ2n) is 3.78. The van der Waals surface area contributed by atoms with Crippen molar-refractivity contribution in [3.05, 3.63) is 57.2 Å². The first-order valence-electron chi connectivity index (χ1n) is 5.25. The number of anilines is 1. The summed E-state index contributed by atoms with van der Waals surface area (Å²) in [4.78, 5) is 16.0. The fourth-order valence-electron chi connectivity index (χ4n) is 1.40. The van der Waals surface area contributed by atoms with Crippen LogP contribution in [0.15, 0.2) is 41.0 Å². The van der Waals surface area contributed by atoms with Gasteiger partial charge in [0, 0.05) is 21.3 Å². The molecule has 1 heterocycles. The van der Waals surface area contributed by atoms with Gasteiger partial charge in [0.05, 0.1) is 0 Å². The van der Waals surface area contributed by atoms with Crippen LogP contribution in [0.4, 0.5) is 5.82 Å². The Balaban J connectivity index is 2.19. The van der Waals surface area contributed by atoms with E-state index in [1.807, 2.05) is 13.0 Å². The second-order valence-corrected chi connectivity index (χ2v) is 5.10. The van der Waals surface area contributed by atoms with Crippen molar-refractivity contribution in [3.63, 3.8) is 0 Å². The number of nitrogens with zero attached hydrogens (tertiary/aromatic N) is 1. The Labute approximate surface area is 118 Å². The summed E-state index contributed by atoms with van der Waals surface area (Å²) in [5, 5.41) is 3.28. The van der Waals surface area contributed by atoms with Crippen LogP contribution in [0.1, 0.15) is 15.9 Å². The number of carbonyl (C=O) groups is 1. The first-order chi connectivity index (χ1) is 8.56. The Hall–Kier alpha value is -1.39. The van der Waals surface area contributed by atoms with E-state index in [4.69, 9.17) is 11.6 Å². The third-order valence-corrected chi connectivity index (χ3v) is 3.30. The van der Waals surface area contributed by atoms with E-state index in [0.29, 0.717) is 16.4 Å². The maximum absolute atomic E-state index is 12.0. The number of amides is 1. The minimum absolute atomic E-state index is 0.234. The Morgan fingerprint density at radius 3 is 2.78 bits per heavy atom. The smallest absolute Gasteiger partial charge is 0.256 e. The van der Waals surface area contributed by atoms with Gasteiger partial charge in [-0.25, -0.2) is 4.98 Å². The molecule has 3 nitrogen and oxygen atoms in total. The highest BCUT2D eigenvalue weighted by Gasteiger charge is 2.08. The zero-order valence-electron chi connectivity index (χ0n) is 9.58. The van der Waals surface area contributed by atoms with Gasteiger partial charge in [0.1, 0.15) is 5.82 Å². The summed E-state index contributed by atoms with van der Waals surface area (Å²) in [5.41, 5.74) is 1.45. The monoisotopic (exact) mass is 324 g/mol. The zero-order chi connectivity index (χ0) is 13.1. The summed E-state index contributed by atoms with van der Waals surface area (Å²) in [6.07, 6.45) is 1.61. The van der Waals surface area contributed by atoms with Crippen molar-refractivity contribution in [2.75, 3.05) is 5.32 Å². The first-order valence-corrected chi connectivity index (χ1v) is 6.42. The predicted molar refractivity (Wildman–Crippen MR) is 76.1 cm³/mol. The third-order valence-electron chi connectivity index (χ3n) is 2.40. The van der Waals surface area contributed by atoms with Gasteiger partial charge >= 0.3 is 0 Å². The van der Waals surface area contributed by atoms with Gasteiger partial charge in [0.15, 0.2) is 0 Å². The number of hydrogen-bond donors (Lipinski definition) is 1. The van der Waals surface area contributed by atoms with Gasteiger partial charge in [0.25, 0.3) is 5.91 Å². The summed E-state index contributed by atoms with van der Waals surface area (Å²) < 4.78 is 0.856. The molecule has 0 atom stereocenters.